The Labute approximate surface area is 95.5 Å². The summed E-state index contributed by atoms with van der Waals surface area (Å²) in [4.78, 5) is 11.0. The molecule has 0 saturated heterocycles. The number of carbonyl (C=O) groups is 1. The van der Waals surface area contributed by atoms with Gasteiger partial charge in [0.1, 0.15) is 0 Å². The van der Waals surface area contributed by atoms with Gasteiger partial charge in [-0.3, -0.25) is 4.79 Å². The molecule has 16 heavy (non-hydrogen) atoms. The lowest BCUT2D eigenvalue weighted by molar-refractivity contribution is -0.138. The first-order valence-electron chi connectivity index (χ1n) is 5.61. The predicted octanol–water partition coefficient (Wildman–Crippen LogP) is 2.52. The number of anilines is 1. The van der Waals surface area contributed by atoms with Crippen LogP contribution in [0.3, 0.4) is 0 Å². The van der Waals surface area contributed by atoms with Crippen molar-refractivity contribution in [3.63, 3.8) is 0 Å². The van der Waals surface area contributed by atoms with Crippen LogP contribution in [-0.2, 0) is 11.2 Å². The van der Waals surface area contributed by atoms with E-state index >= 15 is 0 Å². The molecule has 3 nitrogen and oxygen atoms in total. The summed E-state index contributed by atoms with van der Waals surface area (Å²) in [6, 6.07) is 8.05. The minimum Gasteiger partial charge on any atom is -0.481 e. The smallest absolute Gasteiger partial charge is 0.305 e. The fraction of sp³-hybridized carbons (Fsp3) is 0.462. The van der Waals surface area contributed by atoms with Gasteiger partial charge < -0.3 is 10.4 Å². The van der Waals surface area contributed by atoms with Crippen molar-refractivity contribution in [3.05, 3.63) is 29.8 Å². The van der Waals surface area contributed by atoms with Crippen LogP contribution in [0.4, 0.5) is 5.69 Å². The van der Waals surface area contributed by atoms with E-state index in [1.54, 1.807) is 0 Å². The highest BCUT2D eigenvalue weighted by Gasteiger charge is 2.41. The molecular formula is C13H17NO2. The van der Waals surface area contributed by atoms with Gasteiger partial charge in [-0.1, -0.05) is 32.0 Å². The zero-order valence-electron chi connectivity index (χ0n) is 9.66. The van der Waals surface area contributed by atoms with E-state index in [1.165, 1.54) is 5.56 Å². The number of benzene rings is 1. The summed E-state index contributed by atoms with van der Waals surface area (Å²) in [5.74, 6) is -0.454. The minimum atomic E-state index is -0.742. The van der Waals surface area contributed by atoms with Crippen LogP contribution in [0.25, 0.3) is 0 Å². The molecule has 0 radical (unpaired) electrons. The summed E-state index contributed by atoms with van der Waals surface area (Å²) < 4.78 is 0. The number of hydrogen-bond acceptors (Lipinski definition) is 2. The quantitative estimate of drug-likeness (QED) is 0.821. The number of hydrogen-bond donors (Lipinski definition) is 2. The third kappa shape index (κ3) is 1.77. The Kier molecular flexibility index (Phi) is 2.62. The van der Waals surface area contributed by atoms with Crippen LogP contribution in [0.5, 0.6) is 0 Å². The standard InChI is InChI=1S/C13H17NO2/c1-9(2)13(8-12(15)16)7-10-5-3-4-6-11(10)14-13/h3-6,9,14H,7-8H2,1-2H3,(H,15,16). The maximum atomic E-state index is 11.0. The predicted molar refractivity (Wildman–Crippen MR) is 63.6 cm³/mol. The molecule has 1 aromatic carbocycles. The Morgan fingerprint density at radius 2 is 2.19 bits per heavy atom. The summed E-state index contributed by atoms with van der Waals surface area (Å²) in [7, 11) is 0. The van der Waals surface area contributed by atoms with E-state index in [9.17, 15) is 4.79 Å². The summed E-state index contributed by atoms with van der Waals surface area (Å²) >= 11 is 0. The van der Waals surface area contributed by atoms with Crippen molar-refractivity contribution >= 4 is 11.7 Å². The van der Waals surface area contributed by atoms with Gasteiger partial charge in [-0.05, 0) is 24.0 Å². The van der Waals surface area contributed by atoms with E-state index < -0.39 is 5.97 Å². The highest BCUT2D eigenvalue weighted by Crippen LogP contribution is 2.38. The molecule has 2 rings (SSSR count). The number of carboxylic acids is 1. The van der Waals surface area contributed by atoms with Gasteiger partial charge in [-0.15, -0.1) is 0 Å². The van der Waals surface area contributed by atoms with E-state index in [2.05, 4.69) is 25.2 Å². The van der Waals surface area contributed by atoms with E-state index in [1.807, 2.05) is 18.2 Å². The Morgan fingerprint density at radius 1 is 1.50 bits per heavy atom. The molecule has 1 aliphatic heterocycles. The number of aliphatic carboxylic acids is 1. The highest BCUT2D eigenvalue weighted by molar-refractivity contribution is 5.72. The van der Waals surface area contributed by atoms with Gasteiger partial charge >= 0.3 is 5.97 Å². The Morgan fingerprint density at radius 3 is 2.75 bits per heavy atom. The molecular weight excluding hydrogens is 202 g/mol. The lowest BCUT2D eigenvalue weighted by atomic mass is 9.81. The summed E-state index contributed by atoms with van der Waals surface area (Å²) in [5, 5.41) is 12.4. The SMILES string of the molecule is CC(C)C1(CC(=O)O)Cc2ccccc2N1. The second-order valence-electron chi connectivity index (χ2n) is 4.84. The van der Waals surface area contributed by atoms with Crippen molar-refractivity contribution in [2.24, 2.45) is 5.92 Å². The van der Waals surface area contributed by atoms with Crippen LogP contribution in [0.15, 0.2) is 24.3 Å². The fourth-order valence-corrected chi connectivity index (χ4v) is 2.38. The fourth-order valence-electron chi connectivity index (χ4n) is 2.38. The van der Waals surface area contributed by atoms with Gasteiger partial charge in [-0.25, -0.2) is 0 Å². The molecule has 2 N–H and O–H groups in total. The molecule has 0 aromatic heterocycles. The second kappa shape index (κ2) is 3.81. The molecule has 1 unspecified atom stereocenters. The highest BCUT2D eigenvalue weighted by atomic mass is 16.4. The Hall–Kier alpha value is -1.51. The molecule has 1 heterocycles. The average molecular weight is 219 g/mol. The van der Waals surface area contributed by atoms with Crippen LogP contribution in [0.1, 0.15) is 25.8 Å². The first-order chi connectivity index (χ1) is 7.53. The largest absolute Gasteiger partial charge is 0.481 e. The first kappa shape index (κ1) is 11.0. The van der Waals surface area contributed by atoms with Crippen LogP contribution in [-0.4, -0.2) is 16.6 Å². The lowest BCUT2D eigenvalue weighted by Crippen LogP contribution is -2.43. The van der Waals surface area contributed by atoms with Gasteiger partial charge in [0.25, 0.3) is 0 Å². The average Bonchev–Trinajstić information content (AvgIpc) is 2.55. The third-order valence-corrected chi connectivity index (χ3v) is 3.48. The Bertz CT molecular complexity index is 387. The molecule has 1 aliphatic rings. The number of nitrogens with one attached hydrogen (secondary N) is 1. The van der Waals surface area contributed by atoms with Crippen molar-refractivity contribution in [2.75, 3.05) is 5.32 Å². The van der Waals surface area contributed by atoms with E-state index in [-0.39, 0.29) is 17.9 Å². The molecule has 0 spiro atoms. The van der Waals surface area contributed by atoms with Crippen molar-refractivity contribution in [1.29, 1.82) is 0 Å². The van der Waals surface area contributed by atoms with Crippen LogP contribution in [0, 0.1) is 5.92 Å². The van der Waals surface area contributed by atoms with Crippen LogP contribution < -0.4 is 5.32 Å². The second-order valence-corrected chi connectivity index (χ2v) is 4.84. The van der Waals surface area contributed by atoms with Crippen molar-refractivity contribution < 1.29 is 9.90 Å². The number of fused-ring (bicyclic) bond motifs is 1. The molecule has 3 heteroatoms. The van der Waals surface area contributed by atoms with Gasteiger partial charge in [0, 0.05) is 5.69 Å². The number of carboxylic acid groups (broad SMARTS) is 1. The first-order valence-corrected chi connectivity index (χ1v) is 5.61. The van der Waals surface area contributed by atoms with Crippen LogP contribution >= 0.6 is 0 Å². The van der Waals surface area contributed by atoms with Gasteiger partial charge in [0.15, 0.2) is 0 Å². The molecule has 0 bridgehead atoms. The molecule has 0 aliphatic carbocycles. The van der Waals surface area contributed by atoms with Crippen molar-refractivity contribution in [2.45, 2.75) is 32.2 Å². The molecule has 0 saturated carbocycles. The van der Waals surface area contributed by atoms with Crippen LogP contribution in [0.2, 0.25) is 0 Å². The molecule has 1 aromatic rings. The van der Waals surface area contributed by atoms with Crippen molar-refractivity contribution in [1.82, 2.24) is 0 Å². The normalized spacial score (nSPS) is 22.9. The monoisotopic (exact) mass is 219 g/mol. The summed E-state index contributed by atoms with van der Waals surface area (Å²) in [5.41, 5.74) is 1.98. The van der Waals surface area contributed by atoms with E-state index in [4.69, 9.17) is 5.11 Å². The summed E-state index contributed by atoms with van der Waals surface area (Å²) in [6.07, 6.45) is 0.965. The van der Waals surface area contributed by atoms with E-state index in [0.29, 0.717) is 0 Å². The van der Waals surface area contributed by atoms with E-state index in [0.717, 1.165) is 12.1 Å². The zero-order valence-corrected chi connectivity index (χ0v) is 9.66. The van der Waals surface area contributed by atoms with Gasteiger partial charge in [-0.2, -0.15) is 0 Å². The summed E-state index contributed by atoms with van der Waals surface area (Å²) in [6.45, 7) is 4.14. The maximum absolute atomic E-state index is 11.0. The number of rotatable bonds is 3. The molecule has 1 atom stereocenters. The van der Waals surface area contributed by atoms with Crippen molar-refractivity contribution in [3.8, 4) is 0 Å². The number of para-hydroxylation sites is 1. The third-order valence-electron chi connectivity index (χ3n) is 3.48. The maximum Gasteiger partial charge on any atom is 0.305 e. The molecule has 0 amide bonds. The lowest BCUT2D eigenvalue weighted by Gasteiger charge is -2.33. The Balaban J connectivity index is 2.31. The minimum absolute atomic E-state index is 0.166. The molecule has 86 valence electrons. The van der Waals surface area contributed by atoms with Gasteiger partial charge in [0.05, 0.1) is 12.0 Å². The molecule has 0 fully saturated rings. The topological polar surface area (TPSA) is 49.3 Å². The zero-order chi connectivity index (χ0) is 11.8. The van der Waals surface area contributed by atoms with Gasteiger partial charge in [0.2, 0.25) is 0 Å².